The number of amides is 1. The third kappa shape index (κ3) is 40.6. The lowest BCUT2D eigenvalue weighted by Gasteiger charge is -2.24. The van der Waals surface area contributed by atoms with E-state index in [0.29, 0.717) is 19.3 Å². The molecular formula is C52H95NO5. The second-order valence-corrected chi connectivity index (χ2v) is 16.8. The maximum Gasteiger partial charge on any atom is 0.306 e. The molecule has 0 heterocycles. The molecular weight excluding hydrogens is 719 g/mol. The molecule has 338 valence electrons. The first kappa shape index (κ1) is 55.8. The summed E-state index contributed by atoms with van der Waals surface area (Å²) in [5.41, 5.74) is 0. The lowest BCUT2D eigenvalue weighted by Crippen LogP contribution is -2.46. The molecule has 0 aromatic rings. The number of ether oxygens (including phenoxy) is 1. The molecule has 0 aliphatic heterocycles. The molecule has 0 bridgehead atoms. The first-order valence-corrected chi connectivity index (χ1v) is 24.9. The quantitative estimate of drug-likeness (QED) is 0.0323. The number of carbonyl (C=O) groups excluding carboxylic acids is 2. The van der Waals surface area contributed by atoms with E-state index in [1.165, 1.54) is 103 Å². The van der Waals surface area contributed by atoms with Gasteiger partial charge < -0.3 is 20.3 Å². The number of carbonyl (C=O) groups is 2. The van der Waals surface area contributed by atoms with Crippen LogP contribution < -0.4 is 5.32 Å². The molecule has 0 radical (unpaired) electrons. The van der Waals surface area contributed by atoms with E-state index < -0.39 is 18.2 Å². The number of esters is 1. The molecule has 3 N–H and O–H groups in total. The van der Waals surface area contributed by atoms with Crippen LogP contribution in [0.4, 0.5) is 0 Å². The van der Waals surface area contributed by atoms with Crippen LogP contribution in [0.5, 0.6) is 0 Å². The minimum Gasteiger partial charge on any atom is -0.462 e. The molecule has 0 rings (SSSR count). The van der Waals surface area contributed by atoms with E-state index in [1.54, 1.807) is 0 Å². The number of unbranched alkanes of at least 4 members (excludes halogenated alkanes) is 24. The van der Waals surface area contributed by atoms with Crippen LogP contribution in [0, 0.1) is 0 Å². The molecule has 0 aliphatic carbocycles. The van der Waals surface area contributed by atoms with Crippen molar-refractivity contribution < 1.29 is 24.5 Å². The van der Waals surface area contributed by atoms with Gasteiger partial charge in [-0.15, -0.1) is 0 Å². The van der Waals surface area contributed by atoms with E-state index in [2.05, 4.69) is 74.7 Å². The Morgan fingerprint density at radius 3 is 1.43 bits per heavy atom. The third-order valence-electron chi connectivity index (χ3n) is 11.1. The summed E-state index contributed by atoms with van der Waals surface area (Å²) in [7, 11) is 0. The van der Waals surface area contributed by atoms with Gasteiger partial charge in [0.15, 0.2) is 0 Å². The molecule has 0 spiro atoms. The van der Waals surface area contributed by atoms with Crippen molar-refractivity contribution in [1.29, 1.82) is 0 Å². The van der Waals surface area contributed by atoms with Crippen LogP contribution in [-0.2, 0) is 14.3 Å². The number of allylic oxidation sites excluding steroid dienone is 8. The maximum absolute atomic E-state index is 13.2. The van der Waals surface area contributed by atoms with Crippen LogP contribution >= 0.6 is 0 Å². The molecule has 0 aliphatic rings. The predicted molar refractivity (Wildman–Crippen MR) is 250 cm³/mol. The zero-order valence-corrected chi connectivity index (χ0v) is 38.4. The summed E-state index contributed by atoms with van der Waals surface area (Å²) in [6.45, 7) is 6.35. The summed E-state index contributed by atoms with van der Waals surface area (Å²) in [5.74, 6) is -0.505. The van der Waals surface area contributed by atoms with Crippen LogP contribution in [0.25, 0.3) is 0 Å². The Kier molecular flexibility index (Phi) is 44.2. The molecule has 3 atom stereocenters. The Morgan fingerprint density at radius 2 is 0.931 bits per heavy atom. The molecule has 0 aromatic heterocycles. The predicted octanol–water partition coefficient (Wildman–Crippen LogP) is 14.7. The van der Waals surface area contributed by atoms with Gasteiger partial charge in [0.1, 0.15) is 6.10 Å². The Bertz CT molecular complexity index is 1000. The van der Waals surface area contributed by atoms with Crippen molar-refractivity contribution in [3.63, 3.8) is 0 Å². The summed E-state index contributed by atoms with van der Waals surface area (Å²) >= 11 is 0. The smallest absolute Gasteiger partial charge is 0.306 e. The van der Waals surface area contributed by atoms with E-state index in [4.69, 9.17) is 4.74 Å². The van der Waals surface area contributed by atoms with Crippen molar-refractivity contribution in [3.05, 3.63) is 48.6 Å². The molecule has 0 aromatic carbocycles. The van der Waals surface area contributed by atoms with Gasteiger partial charge in [0.25, 0.3) is 0 Å². The number of aliphatic hydroxyl groups excluding tert-OH is 2. The van der Waals surface area contributed by atoms with Crippen LogP contribution in [0.1, 0.15) is 245 Å². The number of hydrogen-bond donors (Lipinski definition) is 3. The largest absolute Gasteiger partial charge is 0.462 e. The van der Waals surface area contributed by atoms with Crippen molar-refractivity contribution in [1.82, 2.24) is 5.32 Å². The maximum atomic E-state index is 13.2. The van der Waals surface area contributed by atoms with Gasteiger partial charge in [0, 0.05) is 6.42 Å². The molecule has 0 fully saturated rings. The Hall–Kier alpha value is -2.18. The number of hydrogen-bond acceptors (Lipinski definition) is 5. The standard InChI is InChI=1S/C52H95NO5/c1-4-7-10-13-16-19-22-24-26-27-29-31-34-37-40-43-48(58-52(57)45-42-39-36-33-30-28-25-23-20-17-14-11-8-5-2)46-51(56)53-49(47-54)50(55)44-41-38-35-32-21-18-15-12-9-6-3/h8,11,17,20,24-26,28,48-50,54-55H,4-7,9-10,12-16,18-19,21-23,27,29-47H2,1-3H3,(H,53,56)/b11-8+,20-17+,26-24+,28-25+. The lowest BCUT2D eigenvalue weighted by molar-refractivity contribution is -0.151. The highest BCUT2D eigenvalue weighted by molar-refractivity contribution is 5.77. The van der Waals surface area contributed by atoms with E-state index in [9.17, 15) is 19.8 Å². The number of nitrogens with one attached hydrogen (secondary N) is 1. The van der Waals surface area contributed by atoms with Gasteiger partial charge in [-0.1, -0.05) is 198 Å². The van der Waals surface area contributed by atoms with E-state index in [-0.39, 0.29) is 24.9 Å². The summed E-state index contributed by atoms with van der Waals surface area (Å²) in [4.78, 5) is 26.1. The van der Waals surface area contributed by atoms with E-state index >= 15 is 0 Å². The fourth-order valence-corrected chi connectivity index (χ4v) is 7.38. The highest BCUT2D eigenvalue weighted by Crippen LogP contribution is 2.17. The van der Waals surface area contributed by atoms with Gasteiger partial charge in [-0.25, -0.2) is 0 Å². The fraction of sp³-hybridized carbons (Fsp3) is 0.808. The summed E-state index contributed by atoms with van der Waals surface area (Å²) in [6.07, 6.45) is 54.5. The summed E-state index contributed by atoms with van der Waals surface area (Å²) in [5, 5.41) is 23.7. The van der Waals surface area contributed by atoms with Gasteiger partial charge in [-0.05, 0) is 83.5 Å². The monoisotopic (exact) mass is 814 g/mol. The van der Waals surface area contributed by atoms with Crippen LogP contribution in [0.3, 0.4) is 0 Å². The Morgan fingerprint density at radius 1 is 0.517 bits per heavy atom. The topological polar surface area (TPSA) is 95.9 Å². The SMILES string of the molecule is CC/C=C/C/C=C/C/C=C/CCCCCCC(=O)OC(CCCCCCC/C=C/CCCCCCCC)CC(=O)NC(CO)C(O)CCCCCCCCCCCC. The van der Waals surface area contributed by atoms with Crippen molar-refractivity contribution in [3.8, 4) is 0 Å². The second kappa shape index (κ2) is 45.9. The van der Waals surface area contributed by atoms with Crippen LogP contribution in [0.2, 0.25) is 0 Å². The zero-order valence-electron chi connectivity index (χ0n) is 38.4. The van der Waals surface area contributed by atoms with Gasteiger partial charge in [-0.2, -0.15) is 0 Å². The van der Waals surface area contributed by atoms with Gasteiger partial charge in [0.2, 0.25) is 5.91 Å². The average Bonchev–Trinajstić information content (AvgIpc) is 3.22. The molecule has 3 unspecified atom stereocenters. The van der Waals surface area contributed by atoms with Crippen LogP contribution in [0.15, 0.2) is 48.6 Å². The van der Waals surface area contributed by atoms with Gasteiger partial charge in [-0.3, -0.25) is 9.59 Å². The normalized spacial score (nSPS) is 13.7. The lowest BCUT2D eigenvalue weighted by atomic mass is 10.0. The molecule has 6 heteroatoms. The first-order valence-electron chi connectivity index (χ1n) is 24.9. The van der Waals surface area contributed by atoms with Crippen molar-refractivity contribution in [2.75, 3.05) is 6.61 Å². The molecule has 58 heavy (non-hydrogen) atoms. The number of rotatable bonds is 44. The number of aliphatic hydroxyl groups is 2. The minimum absolute atomic E-state index is 0.0631. The van der Waals surface area contributed by atoms with Gasteiger partial charge in [0.05, 0.1) is 25.2 Å². The molecule has 0 saturated heterocycles. The average molecular weight is 814 g/mol. The van der Waals surface area contributed by atoms with Crippen molar-refractivity contribution >= 4 is 11.9 Å². The Balaban J connectivity index is 4.64. The van der Waals surface area contributed by atoms with Crippen molar-refractivity contribution in [2.45, 2.75) is 264 Å². The second-order valence-electron chi connectivity index (χ2n) is 16.8. The van der Waals surface area contributed by atoms with Crippen molar-refractivity contribution in [2.24, 2.45) is 0 Å². The molecule has 0 saturated carbocycles. The van der Waals surface area contributed by atoms with Gasteiger partial charge >= 0.3 is 5.97 Å². The molecule has 6 nitrogen and oxygen atoms in total. The first-order chi connectivity index (χ1) is 28.5. The molecule has 1 amide bonds. The third-order valence-corrected chi connectivity index (χ3v) is 11.1. The summed E-state index contributed by atoms with van der Waals surface area (Å²) < 4.78 is 5.91. The van der Waals surface area contributed by atoms with E-state index in [0.717, 1.165) is 96.3 Å². The highest BCUT2D eigenvalue weighted by atomic mass is 16.5. The highest BCUT2D eigenvalue weighted by Gasteiger charge is 2.24. The summed E-state index contributed by atoms with van der Waals surface area (Å²) in [6, 6.07) is -0.707. The van der Waals surface area contributed by atoms with E-state index in [1.807, 2.05) is 0 Å². The minimum atomic E-state index is -0.792. The van der Waals surface area contributed by atoms with Crippen LogP contribution in [-0.4, -0.2) is 46.9 Å². The zero-order chi connectivity index (χ0) is 42.4. The Labute approximate surface area is 359 Å². The fourth-order valence-electron chi connectivity index (χ4n) is 7.38.